The third-order valence-electron chi connectivity index (χ3n) is 3.85. The van der Waals surface area contributed by atoms with Gasteiger partial charge in [0.15, 0.2) is 11.8 Å². The molecule has 0 radical (unpaired) electrons. The standard InChI is InChI=1S/C16H28N6O2/c1-3-17-16(19-12-14-20-13(2)21-24-14)18-9-7-11-22-10-6-4-5-8-15(22)23/h3-12H2,1-2H3,(H2,17,18,19). The average molecular weight is 336 g/mol. The maximum atomic E-state index is 12.0. The molecule has 0 aromatic carbocycles. The van der Waals surface area contributed by atoms with Crippen LogP contribution in [0.2, 0.25) is 0 Å². The van der Waals surface area contributed by atoms with Crippen molar-refractivity contribution in [2.24, 2.45) is 4.99 Å². The minimum Gasteiger partial charge on any atom is -0.357 e. The number of likely N-dealkylation sites (tertiary alicyclic amines) is 1. The molecule has 2 rings (SSSR count). The number of carbonyl (C=O) groups excluding carboxylic acids is 1. The van der Waals surface area contributed by atoms with Crippen molar-refractivity contribution in [1.82, 2.24) is 25.7 Å². The molecule has 0 spiro atoms. The van der Waals surface area contributed by atoms with Crippen molar-refractivity contribution in [3.63, 3.8) is 0 Å². The molecule has 0 unspecified atom stereocenters. The number of carbonyl (C=O) groups is 1. The van der Waals surface area contributed by atoms with Crippen LogP contribution < -0.4 is 10.6 Å². The molecule has 1 aliphatic heterocycles. The fraction of sp³-hybridized carbons (Fsp3) is 0.750. The Kier molecular flexibility index (Phi) is 7.51. The summed E-state index contributed by atoms with van der Waals surface area (Å²) in [4.78, 5) is 22.5. The summed E-state index contributed by atoms with van der Waals surface area (Å²) >= 11 is 0. The lowest BCUT2D eigenvalue weighted by atomic mass is 10.2. The quantitative estimate of drug-likeness (QED) is 0.442. The Hall–Kier alpha value is -2.12. The van der Waals surface area contributed by atoms with E-state index in [0.717, 1.165) is 57.8 Å². The highest BCUT2D eigenvalue weighted by Crippen LogP contribution is 2.11. The first-order chi connectivity index (χ1) is 11.7. The summed E-state index contributed by atoms with van der Waals surface area (Å²) in [5.74, 6) is 2.12. The van der Waals surface area contributed by atoms with Crippen molar-refractivity contribution in [3.8, 4) is 0 Å². The number of nitrogens with zero attached hydrogens (tertiary/aromatic N) is 4. The molecule has 1 fully saturated rings. The van der Waals surface area contributed by atoms with E-state index in [2.05, 4.69) is 25.8 Å². The molecule has 0 atom stereocenters. The van der Waals surface area contributed by atoms with E-state index in [9.17, 15) is 4.79 Å². The Morgan fingerprint density at radius 3 is 2.96 bits per heavy atom. The maximum absolute atomic E-state index is 12.0. The van der Waals surface area contributed by atoms with Crippen LogP contribution in [0.5, 0.6) is 0 Å². The van der Waals surface area contributed by atoms with Crippen LogP contribution in [-0.4, -0.2) is 53.1 Å². The van der Waals surface area contributed by atoms with Crippen LogP contribution in [0.1, 0.15) is 50.7 Å². The van der Waals surface area contributed by atoms with Gasteiger partial charge in [0.05, 0.1) is 0 Å². The van der Waals surface area contributed by atoms with E-state index in [4.69, 9.17) is 4.52 Å². The Balaban J connectivity index is 1.73. The first kappa shape index (κ1) is 18.2. The number of guanidine groups is 1. The molecule has 24 heavy (non-hydrogen) atoms. The summed E-state index contributed by atoms with van der Waals surface area (Å²) in [6.07, 6.45) is 4.90. The summed E-state index contributed by atoms with van der Waals surface area (Å²) in [5.41, 5.74) is 0. The predicted molar refractivity (Wildman–Crippen MR) is 91.5 cm³/mol. The van der Waals surface area contributed by atoms with Crippen molar-refractivity contribution < 1.29 is 9.32 Å². The van der Waals surface area contributed by atoms with Crippen molar-refractivity contribution in [1.29, 1.82) is 0 Å². The lowest BCUT2D eigenvalue weighted by molar-refractivity contribution is -0.130. The molecule has 0 aliphatic carbocycles. The van der Waals surface area contributed by atoms with Crippen LogP contribution in [0.15, 0.2) is 9.52 Å². The van der Waals surface area contributed by atoms with Crippen molar-refractivity contribution >= 4 is 11.9 Å². The Labute approximate surface area is 143 Å². The molecule has 8 heteroatoms. The number of hydrogen-bond donors (Lipinski definition) is 2. The van der Waals surface area contributed by atoms with Crippen LogP contribution >= 0.6 is 0 Å². The summed E-state index contributed by atoms with van der Waals surface area (Å²) < 4.78 is 5.05. The molecule has 1 aromatic heterocycles. The van der Waals surface area contributed by atoms with E-state index in [0.29, 0.717) is 30.6 Å². The van der Waals surface area contributed by atoms with Gasteiger partial charge < -0.3 is 20.1 Å². The van der Waals surface area contributed by atoms with Gasteiger partial charge in [-0.15, -0.1) is 0 Å². The predicted octanol–water partition coefficient (Wildman–Crippen LogP) is 1.23. The highest BCUT2D eigenvalue weighted by atomic mass is 16.5. The van der Waals surface area contributed by atoms with Gasteiger partial charge in [-0.25, -0.2) is 4.99 Å². The van der Waals surface area contributed by atoms with Gasteiger partial charge in [0.2, 0.25) is 11.8 Å². The summed E-state index contributed by atoms with van der Waals surface area (Å²) in [5, 5.41) is 10.2. The SMILES string of the molecule is CCNC(=NCc1nc(C)no1)NCCCN1CCCCCC1=O. The normalized spacial score (nSPS) is 16.2. The van der Waals surface area contributed by atoms with E-state index in [1.165, 1.54) is 0 Å². The molecule has 2 heterocycles. The molecule has 1 saturated heterocycles. The highest BCUT2D eigenvalue weighted by molar-refractivity contribution is 5.79. The number of aryl methyl sites for hydroxylation is 1. The summed E-state index contributed by atoms with van der Waals surface area (Å²) in [7, 11) is 0. The first-order valence-electron chi connectivity index (χ1n) is 8.78. The minimum atomic E-state index is 0.292. The van der Waals surface area contributed by atoms with Crippen LogP contribution in [-0.2, 0) is 11.3 Å². The first-order valence-corrected chi connectivity index (χ1v) is 8.78. The van der Waals surface area contributed by atoms with Gasteiger partial charge in [-0.05, 0) is 33.1 Å². The molecule has 8 nitrogen and oxygen atoms in total. The van der Waals surface area contributed by atoms with Gasteiger partial charge in [0.1, 0.15) is 6.54 Å². The van der Waals surface area contributed by atoms with E-state index >= 15 is 0 Å². The maximum Gasteiger partial charge on any atom is 0.248 e. The van der Waals surface area contributed by atoms with E-state index < -0.39 is 0 Å². The molecule has 134 valence electrons. The minimum absolute atomic E-state index is 0.292. The van der Waals surface area contributed by atoms with Crippen LogP contribution in [0.4, 0.5) is 0 Å². The number of aliphatic imine (C=N–C) groups is 1. The second-order valence-corrected chi connectivity index (χ2v) is 5.90. The summed E-state index contributed by atoms with van der Waals surface area (Å²) in [6, 6.07) is 0. The van der Waals surface area contributed by atoms with Gasteiger partial charge in [-0.1, -0.05) is 11.6 Å². The van der Waals surface area contributed by atoms with E-state index in [1.807, 2.05) is 11.8 Å². The number of hydrogen-bond acceptors (Lipinski definition) is 5. The number of nitrogens with one attached hydrogen (secondary N) is 2. The molecular weight excluding hydrogens is 308 g/mol. The Bertz CT molecular complexity index is 542. The van der Waals surface area contributed by atoms with Crippen LogP contribution in [0.3, 0.4) is 0 Å². The van der Waals surface area contributed by atoms with Crippen molar-refractivity contribution in [2.45, 2.75) is 52.5 Å². The topological polar surface area (TPSA) is 95.7 Å². The zero-order chi connectivity index (χ0) is 17.2. The van der Waals surface area contributed by atoms with E-state index in [1.54, 1.807) is 6.92 Å². The number of aromatic nitrogens is 2. The molecule has 0 bridgehead atoms. The van der Waals surface area contributed by atoms with Crippen molar-refractivity contribution in [3.05, 3.63) is 11.7 Å². The molecule has 1 aliphatic rings. The molecule has 2 N–H and O–H groups in total. The molecule has 1 amide bonds. The zero-order valence-corrected chi connectivity index (χ0v) is 14.7. The van der Waals surface area contributed by atoms with Gasteiger partial charge >= 0.3 is 0 Å². The lowest BCUT2D eigenvalue weighted by Gasteiger charge is -2.20. The number of amides is 1. The van der Waals surface area contributed by atoms with Gasteiger partial charge in [-0.3, -0.25) is 4.79 Å². The molecule has 0 saturated carbocycles. The second kappa shape index (κ2) is 9.89. The Morgan fingerprint density at radius 2 is 2.21 bits per heavy atom. The summed E-state index contributed by atoms with van der Waals surface area (Å²) in [6.45, 7) is 7.38. The fourth-order valence-electron chi connectivity index (χ4n) is 2.64. The monoisotopic (exact) mass is 336 g/mol. The second-order valence-electron chi connectivity index (χ2n) is 5.90. The number of rotatable bonds is 7. The molecule has 1 aromatic rings. The average Bonchev–Trinajstić information content (AvgIpc) is 2.87. The van der Waals surface area contributed by atoms with Crippen LogP contribution in [0, 0.1) is 6.92 Å². The third kappa shape index (κ3) is 6.17. The van der Waals surface area contributed by atoms with E-state index in [-0.39, 0.29) is 0 Å². The smallest absolute Gasteiger partial charge is 0.248 e. The highest BCUT2D eigenvalue weighted by Gasteiger charge is 2.15. The lowest BCUT2D eigenvalue weighted by Crippen LogP contribution is -2.39. The zero-order valence-electron chi connectivity index (χ0n) is 14.7. The largest absolute Gasteiger partial charge is 0.357 e. The fourth-order valence-corrected chi connectivity index (χ4v) is 2.64. The van der Waals surface area contributed by atoms with Gasteiger partial charge in [0.25, 0.3) is 0 Å². The van der Waals surface area contributed by atoms with Crippen LogP contribution in [0.25, 0.3) is 0 Å². The van der Waals surface area contributed by atoms with Crippen molar-refractivity contribution in [2.75, 3.05) is 26.2 Å². The Morgan fingerprint density at radius 1 is 1.33 bits per heavy atom. The van der Waals surface area contributed by atoms with Gasteiger partial charge in [0, 0.05) is 32.6 Å². The third-order valence-corrected chi connectivity index (χ3v) is 3.85. The van der Waals surface area contributed by atoms with Gasteiger partial charge in [-0.2, -0.15) is 4.98 Å². The molecular formula is C16H28N6O2.